The smallest absolute Gasteiger partial charge is 0.150 e. The fourth-order valence-corrected chi connectivity index (χ4v) is 5.93. The largest absolute Gasteiger partial charge is 0.507 e. The molecule has 0 saturated heterocycles. The normalized spacial score (nSPS) is 16.5. The highest BCUT2D eigenvalue weighted by Crippen LogP contribution is 2.46. The van der Waals surface area contributed by atoms with E-state index in [0.717, 1.165) is 21.2 Å². The number of hydrogen-bond donors (Lipinski definition) is 1. The quantitative estimate of drug-likeness (QED) is 0.516. The van der Waals surface area contributed by atoms with Crippen molar-refractivity contribution in [2.75, 3.05) is 6.26 Å². The van der Waals surface area contributed by atoms with Crippen molar-refractivity contribution in [3.63, 3.8) is 0 Å². The summed E-state index contributed by atoms with van der Waals surface area (Å²) in [5, 5.41) is 11.1. The summed E-state index contributed by atoms with van der Waals surface area (Å²) < 4.78 is 1.15. The number of benzene rings is 1. The second-order valence-electron chi connectivity index (χ2n) is 10.2. The fourth-order valence-electron chi connectivity index (χ4n) is 4.16. The van der Waals surface area contributed by atoms with Gasteiger partial charge in [-0.2, -0.15) is 0 Å². The van der Waals surface area contributed by atoms with Crippen molar-refractivity contribution in [2.45, 2.75) is 94.7 Å². The molecule has 0 aliphatic heterocycles. The average Bonchev–Trinajstić information content (AvgIpc) is 3.05. The molecule has 1 aromatic heterocycles. The van der Waals surface area contributed by atoms with Crippen LogP contribution in [0.5, 0.6) is 5.75 Å². The summed E-state index contributed by atoms with van der Waals surface area (Å²) in [4.78, 5) is 6.50. The minimum Gasteiger partial charge on any atom is -0.507 e. The van der Waals surface area contributed by atoms with E-state index >= 15 is 0 Å². The lowest BCUT2D eigenvalue weighted by Crippen LogP contribution is -2.17. The third-order valence-corrected chi connectivity index (χ3v) is 7.99. The molecule has 0 amide bonds. The molecule has 0 radical (unpaired) electrons. The molecule has 1 aromatic carbocycles. The number of aromatic hydroxyl groups is 1. The van der Waals surface area contributed by atoms with Crippen LogP contribution < -0.4 is 0 Å². The molecule has 1 aliphatic rings. The van der Waals surface area contributed by atoms with Crippen molar-refractivity contribution >= 4 is 23.1 Å². The first-order valence-corrected chi connectivity index (χ1v) is 12.5. The van der Waals surface area contributed by atoms with Crippen LogP contribution in [0.1, 0.15) is 95.6 Å². The molecule has 2 aromatic rings. The summed E-state index contributed by atoms with van der Waals surface area (Å²) in [5.74, 6) is 1.08. The number of rotatable bonds is 3. The molecule has 0 spiro atoms. The zero-order valence-corrected chi connectivity index (χ0v) is 20.1. The molecule has 28 heavy (non-hydrogen) atoms. The van der Waals surface area contributed by atoms with Gasteiger partial charge in [0.1, 0.15) is 5.75 Å². The minimum absolute atomic E-state index is 0.122. The number of aromatic nitrogens is 1. The third kappa shape index (κ3) is 4.43. The van der Waals surface area contributed by atoms with Crippen LogP contribution in [-0.2, 0) is 10.8 Å². The van der Waals surface area contributed by atoms with Crippen molar-refractivity contribution in [1.29, 1.82) is 0 Å². The first-order chi connectivity index (χ1) is 13.0. The minimum atomic E-state index is -0.122. The molecule has 3 rings (SSSR count). The van der Waals surface area contributed by atoms with Crippen molar-refractivity contribution in [3.8, 4) is 17.0 Å². The molecular weight excluding hydrogens is 382 g/mol. The van der Waals surface area contributed by atoms with Crippen LogP contribution in [0.25, 0.3) is 11.3 Å². The van der Waals surface area contributed by atoms with Crippen LogP contribution in [0.3, 0.4) is 0 Å². The number of thiazole rings is 1. The van der Waals surface area contributed by atoms with Gasteiger partial charge in [-0.15, -0.1) is 11.3 Å². The van der Waals surface area contributed by atoms with E-state index in [0.29, 0.717) is 11.7 Å². The predicted molar refractivity (Wildman–Crippen MR) is 124 cm³/mol. The highest BCUT2D eigenvalue weighted by Gasteiger charge is 2.29. The zero-order valence-electron chi connectivity index (χ0n) is 18.5. The Morgan fingerprint density at radius 2 is 1.50 bits per heavy atom. The van der Waals surface area contributed by atoms with Gasteiger partial charge >= 0.3 is 0 Å². The van der Waals surface area contributed by atoms with Gasteiger partial charge in [-0.05, 0) is 48.0 Å². The van der Waals surface area contributed by atoms with Gasteiger partial charge in [-0.3, -0.25) is 0 Å². The second-order valence-corrected chi connectivity index (χ2v) is 12.2. The number of phenolic OH excluding ortho intramolecular Hbond substituents is 1. The van der Waals surface area contributed by atoms with Gasteiger partial charge in [0.25, 0.3) is 0 Å². The molecule has 1 N–H and O–H groups in total. The lowest BCUT2D eigenvalue weighted by atomic mass is 9.77. The Morgan fingerprint density at radius 1 is 0.964 bits per heavy atom. The van der Waals surface area contributed by atoms with E-state index in [1.54, 1.807) is 11.8 Å². The highest BCUT2D eigenvalue weighted by molar-refractivity contribution is 8.00. The lowest BCUT2D eigenvalue weighted by Gasteiger charge is -2.28. The maximum atomic E-state index is 11.1. The molecular formula is C24H35NOS2. The monoisotopic (exact) mass is 417 g/mol. The van der Waals surface area contributed by atoms with E-state index in [1.807, 2.05) is 11.3 Å². The Kier molecular flexibility index (Phi) is 6.22. The predicted octanol–water partition coefficient (Wildman–Crippen LogP) is 7.88. The zero-order chi connectivity index (χ0) is 20.7. The van der Waals surface area contributed by atoms with Gasteiger partial charge in [-0.25, -0.2) is 4.98 Å². The number of phenols is 1. The summed E-state index contributed by atoms with van der Waals surface area (Å²) in [6.45, 7) is 13.1. The first kappa shape index (κ1) is 21.7. The van der Waals surface area contributed by atoms with Gasteiger partial charge in [0, 0.05) is 21.6 Å². The molecule has 0 bridgehead atoms. The van der Waals surface area contributed by atoms with E-state index < -0.39 is 0 Å². The van der Waals surface area contributed by atoms with Gasteiger partial charge in [0.05, 0.1) is 5.69 Å². The Morgan fingerprint density at radius 3 is 1.96 bits per heavy atom. The van der Waals surface area contributed by atoms with Crippen LogP contribution in [0, 0.1) is 0 Å². The Balaban J connectivity index is 2.22. The Labute approximate surface area is 179 Å². The van der Waals surface area contributed by atoms with Crippen molar-refractivity contribution in [2.24, 2.45) is 0 Å². The summed E-state index contributed by atoms with van der Waals surface area (Å²) in [7, 11) is 0. The molecule has 0 unspecified atom stereocenters. The maximum Gasteiger partial charge on any atom is 0.150 e. The van der Waals surface area contributed by atoms with E-state index in [9.17, 15) is 5.11 Å². The van der Waals surface area contributed by atoms with Crippen LogP contribution in [-0.4, -0.2) is 16.3 Å². The summed E-state index contributed by atoms with van der Waals surface area (Å²) >= 11 is 3.62. The SMILES string of the molecule is CSc1nc(-c2cc(C(C)(C)C)c(O)c(C(C)(C)C)c2)c(C2CCCCC2)s1. The van der Waals surface area contributed by atoms with Crippen LogP contribution in [0.4, 0.5) is 0 Å². The summed E-state index contributed by atoms with van der Waals surface area (Å²) in [5.41, 5.74) is 4.11. The van der Waals surface area contributed by atoms with E-state index in [4.69, 9.17) is 4.98 Å². The third-order valence-electron chi connectivity index (χ3n) is 5.78. The highest BCUT2D eigenvalue weighted by atomic mass is 32.2. The number of hydrogen-bond acceptors (Lipinski definition) is 4. The van der Waals surface area contributed by atoms with Crippen molar-refractivity contribution in [3.05, 3.63) is 28.1 Å². The standard InChI is InChI=1S/C24H35NOS2/c1-23(2,3)17-13-16(14-18(20(17)26)24(4,5)6)19-21(28-22(25-19)27-7)15-11-9-8-10-12-15/h13-15,26H,8-12H2,1-7H3. The molecule has 0 atom stereocenters. The van der Waals surface area contributed by atoms with Crippen LogP contribution >= 0.6 is 23.1 Å². The number of nitrogens with zero attached hydrogens (tertiary/aromatic N) is 1. The van der Waals surface area contributed by atoms with Crippen LogP contribution in [0.15, 0.2) is 16.5 Å². The second kappa shape index (κ2) is 8.02. The molecule has 1 heterocycles. The van der Waals surface area contributed by atoms with Gasteiger partial charge in [0.2, 0.25) is 0 Å². The van der Waals surface area contributed by atoms with Crippen molar-refractivity contribution < 1.29 is 5.11 Å². The summed E-state index contributed by atoms with van der Waals surface area (Å²) in [6, 6.07) is 4.38. The molecule has 1 saturated carbocycles. The Bertz CT molecular complexity index is 798. The molecule has 4 heteroatoms. The molecule has 154 valence electrons. The van der Waals surface area contributed by atoms with E-state index in [2.05, 4.69) is 59.9 Å². The first-order valence-electron chi connectivity index (χ1n) is 10.5. The topological polar surface area (TPSA) is 33.1 Å². The lowest BCUT2D eigenvalue weighted by molar-refractivity contribution is 0.423. The fraction of sp³-hybridized carbons (Fsp3) is 0.625. The molecule has 1 aliphatic carbocycles. The van der Waals surface area contributed by atoms with Crippen molar-refractivity contribution in [1.82, 2.24) is 4.98 Å². The van der Waals surface area contributed by atoms with Gasteiger partial charge in [0.15, 0.2) is 4.34 Å². The molecule has 2 nitrogen and oxygen atoms in total. The van der Waals surface area contributed by atoms with Crippen LogP contribution in [0.2, 0.25) is 0 Å². The average molecular weight is 418 g/mol. The summed E-state index contributed by atoms with van der Waals surface area (Å²) in [6.07, 6.45) is 8.69. The number of thioether (sulfide) groups is 1. The van der Waals surface area contributed by atoms with E-state index in [1.165, 1.54) is 42.5 Å². The van der Waals surface area contributed by atoms with E-state index in [-0.39, 0.29) is 10.8 Å². The molecule has 1 fully saturated rings. The van der Waals surface area contributed by atoms with Gasteiger partial charge < -0.3 is 5.11 Å². The Hall–Kier alpha value is -1.00. The maximum absolute atomic E-state index is 11.1. The van der Waals surface area contributed by atoms with Gasteiger partial charge in [-0.1, -0.05) is 72.6 Å².